The van der Waals surface area contributed by atoms with E-state index in [1.54, 1.807) is 6.07 Å². The number of benzene rings is 3. The average molecular weight is 459 g/mol. The lowest BCUT2D eigenvalue weighted by Gasteiger charge is -2.31. The standard InChI is InChI=1S/C22H17F6O2S/c23-21(24,25)20(29,22(26,27)28)15-30-16-8-7-13-19(14-16)31(17-9-3-1-4-10-17)18-11-5-2-6-12-18/h1-14,29H,15H2/q+1. The van der Waals surface area contributed by atoms with Gasteiger partial charge in [-0.05, 0) is 36.4 Å². The molecule has 3 rings (SSSR count). The molecule has 2 nitrogen and oxygen atoms in total. The topological polar surface area (TPSA) is 29.5 Å². The highest BCUT2D eigenvalue weighted by Crippen LogP contribution is 2.43. The van der Waals surface area contributed by atoms with Crippen LogP contribution < -0.4 is 4.74 Å². The fraction of sp³-hybridized carbons (Fsp3) is 0.182. The third-order valence-electron chi connectivity index (χ3n) is 4.38. The van der Waals surface area contributed by atoms with Crippen LogP contribution in [-0.2, 0) is 10.9 Å². The van der Waals surface area contributed by atoms with Gasteiger partial charge in [0.1, 0.15) is 12.4 Å². The Hall–Kier alpha value is -2.65. The predicted molar refractivity (Wildman–Crippen MR) is 104 cm³/mol. The molecule has 164 valence electrons. The number of hydrogen-bond donors (Lipinski definition) is 1. The monoisotopic (exact) mass is 459 g/mol. The van der Waals surface area contributed by atoms with E-state index >= 15 is 0 Å². The zero-order valence-electron chi connectivity index (χ0n) is 15.8. The molecule has 3 aromatic rings. The molecule has 0 aliphatic carbocycles. The minimum Gasteiger partial charge on any atom is -0.490 e. The Kier molecular flexibility index (Phi) is 6.56. The highest BCUT2D eigenvalue weighted by molar-refractivity contribution is 7.97. The molecule has 0 aliphatic rings. The van der Waals surface area contributed by atoms with Gasteiger partial charge in [0, 0.05) is 6.07 Å². The maximum absolute atomic E-state index is 12.9. The minimum atomic E-state index is -5.94. The van der Waals surface area contributed by atoms with Gasteiger partial charge in [-0.25, -0.2) is 0 Å². The Morgan fingerprint density at radius 1 is 0.645 bits per heavy atom. The minimum absolute atomic E-state index is 0.214. The van der Waals surface area contributed by atoms with E-state index < -0.39 is 35.5 Å². The summed E-state index contributed by atoms with van der Waals surface area (Å²) in [5.74, 6) is -0.214. The molecule has 0 heterocycles. The molecule has 0 fully saturated rings. The van der Waals surface area contributed by atoms with Crippen molar-refractivity contribution in [2.45, 2.75) is 32.6 Å². The van der Waals surface area contributed by atoms with Gasteiger partial charge < -0.3 is 9.84 Å². The smallest absolute Gasteiger partial charge is 0.429 e. The summed E-state index contributed by atoms with van der Waals surface area (Å²) in [7, 11) is -0.671. The van der Waals surface area contributed by atoms with Gasteiger partial charge in [0.05, 0.1) is 10.9 Å². The Balaban J connectivity index is 1.94. The summed E-state index contributed by atoms with van der Waals surface area (Å²) in [5, 5.41) is 9.31. The van der Waals surface area contributed by atoms with Gasteiger partial charge in [0.25, 0.3) is 5.60 Å². The largest absolute Gasteiger partial charge is 0.490 e. The molecule has 1 N–H and O–H groups in total. The Bertz CT molecular complexity index is 937. The summed E-state index contributed by atoms with van der Waals surface area (Å²) in [6.45, 7) is -2.01. The summed E-state index contributed by atoms with van der Waals surface area (Å²) in [6, 6.07) is 24.4. The van der Waals surface area contributed by atoms with Crippen LogP contribution in [-0.4, -0.2) is 29.7 Å². The molecular formula is C22H17F6O2S+. The zero-order valence-corrected chi connectivity index (χ0v) is 16.6. The molecule has 0 saturated heterocycles. The molecule has 0 saturated carbocycles. The number of hydrogen-bond acceptors (Lipinski definition) is 2. The van der Waals surface area contributed by atoms with E-state index in [-0.39, 0.29) is 5.75 Å². The van der Waals surface area contributed by atoms with Crippen molar-refractivity contribution in [2.24, 2.45) is 0 Å². The molecule has 0 atom stereocenters. The van der Waals surface area contributed by atoms with Gasteiger partial charge in [-0.2, -0.15) is 26.3 Å². The van der Waals surface area contributed by atoms with Crippen molar-refractivity contribution < 1.29 is 36.2 Å². The maximum atomic E-state index is 12.9. The van der Waals surface area contributed by atoms with Crippen LogP contribution in [0.2, 0.25) is 0 Å². The van der Waals surface area contributed by atoms with Gasteiger partial charge >= 0.3 is 12.4 Å². The lowest BCUT2D eigenvalue weighted by atomic mass is 10.0. The van der Waals surface area contributed by atoms with Crippen LogP contribution in [0.1, 0.15) is 0 Å². The lowest BCUT2D eigenvalue weighted by Crippen LogP contribution is -2.60. The second-order valence-electron chi connectivity index (χ2n) is 6.55. The number of rotatable bonds is 6. The predicted octanol–water partition coefficient (Wildman–Crippen LogP) is 6.02. The van der Waals surface area contributed by atoms with E-state index in [0.717, 1.165) is 9.79 Å². The Labute approximate surface area is 177 Å². The number of ether oxygens (including phenoxy) is 1. The first-order valence-corrected chi connectivity index (χ1v) is 10.2. The van der Waals surface area contributed by atoms with E-state index in [4.69, 9.17) is 4.74 Å². The van der Waals surface area contributed by atoms with Crippen LogP contribution >= 0.6 is 0 Å². The second-order valence-corrected chi connectivity index (χ2v) is 8.58. The van der Waals surface area contributed by atoms with Crippen molar-refractivity contribution in [2.75, 3.05) is 6.61 Å². The maximum Gasteiger partial charge on any atom is 0.429 e. The van der Waals surface area contributed by atoms with Gasteiger partial charge in [0.15, 0.2) is 14.7 Å². The first-order valence-electron chi connectivity index (χ1n) is 8.96. The van der Waals surface area contributed by atoms with Crippen LogP contribution in [0, 0.1) is 0 Å². The third-order valence-corrected chi connectivity index (χ3v) is 6.60. The van der Waals surface area contributed by atoms with Crippen molar-refractivity contribution in [1.29, 1.82) is 0 Å². The Morgan fingerprint density at radius 2 is 1.10 bits per heavy atom. The molecule has 9 heteroatoms. The van der Waals surface area contributed by atoms with Gasteiger partial charge in [-0.1, -0.05) is 42.5 Å². The average Bonchev–Trinajstić information content (AvgIpc) is 2.72. The molecule has 0 amide bonds. The molecule has 31 heavy (non-hydrogen) atoms. The summed E-state index contributed by atoms with van der Waals surface area (Å²) in [5.41, 5.74) is -4.98. The van der Waals surface area contributed by atoms with Crippen LogP contribution in [0.3, 0.4) is 0 Å². The van der Waals surface area contributed by atoms with Crippen LogP contribution in [0.15, 0.2) is 99.6 Å². The van der Waals surface area contributed by atoms with Crippen molar-refractivity contribution in [3.63, 3.8) is 0 Å². The van der Waals surface area contributed by atoms with Crippen molar-refractivity contribution in [1.82, 2.24) is 0 Å². The lowest BCUT2D eigenvalue weighted by molar-refractivity contribution is -0.373. The van der Waals surface area contributed by atoms with Crippen LogP contribution in [0.4, 0.5) is 26.3 Å². The first kappa shape index (κ1) is 23.0. The molecule has 3 aromatic carbocycles. The van der Waals surface area contributed by atoms with E-state index in [1.807, 2.05) is 60.7 Å². The summed E-state index contributed by atoms with van der Waals surface area (Å²) in [6.07, 6.45) is -11.9. The molecular weight excluding hydrogens is 442 g/mol. The van der Waals surface area contributed by atoms with Crippen molar-refractivity contribution in [3.05, 3.63) is 84.9 Å². The van der Waals surface area contributed by atoms with E-state index in [9.17, 15) is 31.4 Å². The van der Waals surface area contributed by atoms with E-state index in [0.29, 0.717) is 4.90 Å². The summed E-state index contributed by atoms with van der Waals surface area (Å²) in [4.78, 5) is 2.46. The summed E-state index contributed by atoms with van der Waals surface area (Å²) >= 11 is 0. The highest BCUT2D eigenvalue weighted by Gasteiger charge is 2.71. The van der Waals surface area contributed by atoms with Crippen molar-refractivity contribution >= 4 is 10.9 Å². The highest BCUT2D eigenvalue weighted by atomic mass is 32.2. The SMILES string of the molecule is OC(COc1cccc([S+](c2ccccc2)c2ccccc2)c1)(C(F)(F)F)C(F)(F)F. The molecule has 0 aromatic heterocycles. The fourth-order valence-electron chi connectivity index (χ4n) is 2.72. The van der Waals surface area contributed by atoms with Crippen molar-refractivity contribution in [3.8, 4) is 5.75 Å². The Morgan fingerprint density at radius 3 is 1.55 bits per heavy atom. The quantitative estimate of drug-likeness (QED) is 0.361. The number of aliphatic hydroxyl groups is 1. The number of halogens is 6. The molecule has 0 bridgehead atoms. The summed E-state index contributed by atoms with van der Waals surface area (Å²) < 4.78 is 82.2. The second kappa shape index (κ2) is 8.84. The number of alkyl halides is 6. The zero-order chi connectivity index (χ0) is 22.7. The molecule has 0 spiro atoms. The first-order chi connectivity index (χ1) is 14.5. The fourth-order valence-corrected chi connectivity index (χ4v) is 4.85. The van der Waals surface area contributed by atoms with Crippen LogP contribution in [0.5, 0.6) is 5.75 Å². The van der Waals surface area contributed by atoms with Gasteiger partial charge in [-0.15, -0.1) is 0 Å². The van der Waals surface area contributed by atoms with E-state index in [2.05, 4.69) is 0 Å². The molecule has 0 radical (unpaired) electrons. The normalized spacial score (nSPS) is 12.8. The van der Waals surface area contributed by atoms with Gasteiger partial charge in [-0.3, -0.25) is 0 Å². The van der Waals surface area contributed by atoms with Gasteiger partial charge in [0.2, 0.25) is 0 Å². The van der Waals surface area contributed by atoms with Crippen LogP contribution in [0.25, 0.3) is 0 Å². The molecule has 0 aliphatic heterocycles. The van der Waals surface area contributed by atoms with E-state index in [1.165, 1.54) is 18.2 Å². The molecule has 0 unspecified atom stereocenters. The third kappa shape index (κ3) is 4.99.